The molecule has 6 heteroatoms. The molecule has 0 spiro atoms. The van der Waals surface area contributed by atoms with Gasteiger partial charge in [0.15, 0.2) is 5.70 Å². The molecule has 0 saturated heterocycles. The van der Waals surface area contributed by atoms with Gasteiger partial charge in [0.05, 0.1) is 18.4 Å². The van der Waals surface area contributed by atoms with E-state index < -0.39 is 0 Å². The number of nitrogens with one attached hydrogen (secondary N) is 1. The van der Waals surface area contributed by atoms with Gasteiger partial charge in [-0.15, -0.1) is 0 Å². The highest BCUT2D eigenvalue weighted by Gasteiger charge is 2.07. The molecule has 0 fully saturated rings. The number of hydrogen-bond donors (Lipinski definition) is 3. The van der Waals surface area contributed by atoms with E-state index in [-0.39, 0.29) is 17.4 Å². The lowest BCUT2D eigenvalue weighted by atomic mass is 10.0. The molecule has 0 radical (unpaired) electrons. The van der Waals surface area contributed by atoms with Crippen molar-refractivity contribution >= 4 is 11.7 Å². The summed E-state index contributed by atoms with van der Waals surface area (Å²) in [6, 6.07) is 16.3. The molecule has 0 bridgehead atoms. The van der Waals surface area contributed by atoms with Gasteiger partial charge in [-0.3, -0.25) is 0 Å². The lowest BCUT2D eigenvalue weighted by Gasteiger charge is -2.07. The highest BCUT2D eigenvalue weighted by Crippen LogP contribution is 2.22. The number of nitrogens with two attached hydrogens (primary N) is 2. The van der Waals surface area contributed by atoms with Crippen LogP contribution in [0.25, 0.3) is 16.8 Å². The zero-order chi connectivity index (χ0) is 16.8. The largest absolute Gasteiger partial charge is 0.465 e. The Labute approximate surface area is 133 Å². The Hall–Kier alpha value is -3.30. The van der Waals surface area contributed by atoms with E-state index in [0.29, 0.717) is 11.1 Å². The summed E-state index contributed by atoms with van der Waals surface area (Å²) < 4.78 is 4.67. The molecule has 5 N–H and O–H groups in total. The van der Waals surface area contributed by atoms with Gasteiger partial charge in [-0.1, -0.05) is 36.4 Å². The van der Waals surface area contributed by atoms with Gasteiger partial charge in [-0.25, -0.2) is 10.6 Å². The van der Waals surface area contributed by atoms with Crippen molar-refractivity contribution in [3.63, 3.8) is 0 Å². The monoisotopic (exact) mass is 308 g/mol. The predicted octanol–water partition coefficient (Wildman–Crippen LogP) is 1.75. The fourth-order valence-corrected chi connectivity index (χ4v) is 2.07. The molecule has 0 aromatic heterocycles. The van der Waals surface area contributed by atoms with E-state index in [2.05, 4.69) is 10.2 Å². The molecule has 0 unspecified atom stereocenters. The van der Waals surface area contributed by atoms with Crippen molar-refractivity contribution < 1.29 is 9.53 Å². The zero-order valence-corrected chi connectivity index (χ0v) is 12.5. The maximum Gasteiger partial charge on any atom is 0.337 e. The van der Waals surface area contributed by atoms with Crippen LogP contribution in [0.1, 0.15) is 15.9 Å². The van der Waals surface area contributed by atoms with Gasteiger partial charge in [0.2, 0.25) is 0 Å². The number of ether oxygens (including phenoxy) is 1. The average Bonchev–Trinajstić information content (AvgIpc) is 2.62. The Balaban J connectivity index is 2.28. The maximum absolute atomic E-state index is 11.4. The van der Waals surface area contributed by atoms with Crippen LogP contribution in [-0.2, 0) is 4.74 Å². The summed E-state index contributed by atoms with van der Waals surface area (Å²) >= 11 is 0. The second-order valence-electron chi connectivity index (χ2n) is 4.69. The molecule has 0 aliphatic rings. The van der Waals surface area contributed by atoms with Crippen LogP contribution in [0.15, 0.2) is 54.2 Å². The van der Waals surface area contributed by atoms with Gasteiger partial charge < -0.3 is 15.9 Å². The molecule has 0 saturated carbocycles. The third-order valence-corrected chi connectivity index (χ3v) is 3.36. The third kappa shape index (κ3) is 3.48. The van der Waals surface area contributed by atoms with Crippen LogP contribution in [0.5, 0.6) is 0 Å². The Bertz CT molecular complexity index is 772. The number of benzene rings is 2. The highest BCUT2D eigenvalue weighted by atomic mass is 16.5. The van der Waals surface area contributed by atoms with Crippen molar-refractivity contribution in [3.8, 4) is 17.2 Å². The summed E-state index contributed by atoms with van der Waals surface area (Å²) in [5.74, 6) is 4.87. The van der Waals surface area contributed by atoms with Gasteiger partial charge in [0, 0.05) is 5.56 Å². The number of rotatable bonds is 4. The maximum atomic E-state index is 11.4. The first-order valence-electron chi connectivity index (χ1n) is 6.76. The molecule has 0 aliphatic heterocycles. The van der Waals surface area contributed by atoms with E-state index in [1.165, 1.54) is 7.11 Å². The first-order valence-corrected chi connectivity index (χ1v) is 6.76. The quantitative estimate of drug-likeness (QED) is 0.343. The molecule has 0 amide bonds. The fourth-order valence-electron chi connectivity index (χ4n) is 2.07. The van der Waals surface area contributed by atoms with Gasteiger partial charge in [-0.2, -0.15) is 5.26 Å². The summed E-state index contributed by atoms with van der Waals surface area (Å²) in [5.41, 5.74) is 11.6. The first kappa shape index (κ1) is 16.1. The van der Waals surface area contributed by atoms with E-state index in [1.54, 1.807) is 24.3 Å². The number of methoxy groups -OCH3 is 1. The molecule has 2 aromatic carbocycles. The molecule has 6 nitrogen and oxygen atoms in total. The normalized spacial score (nSPS) is 11.2. The number of carbonyl (C=O) groups excluding carboxylic acids is 1. The molecular weight excluding hydrogens is 292 g/mol. The van der Waals surface area contributed by atoms with Crippen LogP contribution in [0, 0.1) is 11.3 Å². The summed E-state index contributed by atoms with van der Waals surface area (Å²) in [4.78, 5) is 11.4. The fraction of sp³-hybridized carbons (Fsp3) is 0.0588. The van der Waals surface area contributed by atoms with Crippen LogP contribution in [0.2, 0.25) is 0 Å². The Morgan fingerprint density at radius 3 is 1.91 bits per heavy atom. The highest BCUT2D eigenvalue weighted by molar-refractivity contribution is 5.90. The standard InChI is InChI=1S/C17H16N4O2/c1-23-17(22)14-8-4-12(5-9-14)11-2-6-13(7-3-11)16(19)15(10-18)21-20/h2-9,21H,19-20H2,1H3/b16-15-. The van der Waals surface area contributed by atoms with Gasteiger partial charge in [0.1, 0.15) is 6.07 Å². The molecule has 23 heavy (non-hydrogen) atoms. The lowest BCUT2D eigenvalue weighted by molar-refractivity contribution is 0.0601. The topological polar surface area (TPSA) is 114 Å². The van der Waals surface area contributed by atoms with Gasteiger partial charge >= 0.3 is 5.97 Å². The molecule has 0 heterocycles. The van der Waals surface area contributed by atoms with Crippen LogP contribution in [0.3, 0.4) is 0 Å². The van der Waals surface area contributed by atoms with E-state index in [4.69, 9.17) is 16.8 Å². The van der Waals surface area contributed by atoms with Crippen molar-refractivity contribution in [2.45, 2.75) is 0 Å². The van der Waals surface area contributed by atoms with Crippen LogP contribution in [-0.4, -0.2) is 13.1 Å². The van der Waals surface area contributed by atoms with E-state index in [9.17, 15) is 4.79 Å². The summed E-state index contributed by atoms with van der Waals surface area (Å²) in [7, 11) is 1.35. The minimum absolute atomic E-state index is 0.111. The Morgan fingerprint density at radius 2 is 1.52 bits per heavy atom. The van der Waals surface area contributed by atoms with Crippen LogP contribution in [0.4, 0.5) is 0 Å². The lowest BCUT2D eigenvalue weighted by Crippen LogP contribution is -2.23. The van der Waals surface area contributed by atoms with E-state index >= 15 is 0 Å². The molecule has 116 valence electrons. The molecule has 2 rings (SSSR count). The van der Waals surface area contributed by atoms with Crippen molar-refractivity contribution in [1.29, 1.82) is 5.26 Å². The number of nitrogens with zero attached hydrogens (tertiary/aromatic N) is 1. The van der Waals surface area contributed by atoms with Crippen LogP contribution >= 0.6 is 0 Å². The molecule has 0 atom stereocenters. The summed E-state index contributed by atoms with van der Waals surface area (Å²) in [6.45, 7) is 0. The predicted molar refractivity (Wildman–Crippen MR) is 87.3 cm³/mol. The van der Waals surface area contributed by atoms with E-state index in [1.807, 2.05) is 30.3 Å². The Kier molecular flexibility index (Phi) is 4.97. The number of allylic oxidation sites excluding steroid dienone is 1. The second kappa shape index (κ2) is 7.11. The minimum atomic E-state index is -0.372. The number of nitriles is 1. The van der Waals surface area contributed by atoms with Crippen LogP contribution < -0.4 is 17.0 Å². The number of hydrazine groups is 1. The second-order valence-corrected chi connectivity index (χ2v) is 4.69. The van der Waals surface area contributed by atoms with Gasteiger partial charge in [0.25, 0.3) is 0 Å². The number of esters is 1. The third-order valence-electron chi connectivity index (χ3n) is 3.36. The summed E-state index contributed by atoms with van der Waals surface area (Å²) in [6.07, 6.45) is 0. The summed E-state index contributed by atoms with van der Waals surface area (Å²) in [5, 5.41) is 8.91. The SMILES string of the molecule is COC(=O)c1ccc(-c2ccc(/C(N)=C(\C#N)NN)cc2)cc1. The Morgan fingerprint density at radius 1 is 1.04 bits per heavy atom. The average molecular weight is 308 g/mol. The van der Waals surface area contributed by atoms with Gasteiger partial charge in [-0.05, 0) is 23.3 Å². The smallest absolute Gasteiger partial charge is 0.337 e. The van der Waals surface area contributed by atoms with Crippen molar-refractivity contribution in [2.24, 2.45) is 11.6 Å². The van der Waals surface area contributed by atoms with Crippen molar-refractivity contribution in [2.75, 3.05) is 7.11 Å². The molecule has 0 aliphatic carbocycles. The minimum Gasteiger partial charge on any atom is -0.465 e. The van der Waals surface area contributed by atoms with E-state index in [0.717, 1.165) is 11.1 Å². The first-order chi connectivity index (χ1) is 11.1. The molecular formula is C17H16N4O2. The molecule has 2 aromatic rings. The van der Waals surface area contributed by atoms with Crippen molar-refractivity contribution in [1.82, 2.24) is 5.43 Å². The van der Waals surface area contributed by atoms with Crippen molar-refractivity contribution in [3.05, 3.63) is 65.4 Å². The zero-order valence-electron chi connectivity index (χ0n) is 12.5. The number of hydrogen-bond acceptors (Lipinski definition) is 6. The number of carbonyl (C=O) groups is 1.